The van der Waals surface area contributed by atoms with E-state index in [1.54, 1.807) is 0 Å². The fourth-order valence-corrected chi connectivity index (χ4v) is 6.57. The summed E-state index contributed by atoms with van der Waals surface area (Å²) in [5, 5.41) is 0. The topological polar surface area (TPSA) is 6.48 Å². The average Bonchev–Trinajstić information content (AvgIpc) is 2.90. The molecule has 3 heteroatoms. The van der Waals surface area contributed by atoms with E-state index in [9.17, 15) is 0 Å². The maximum Gasteiger partial charge on any atom is 0.252 e. The molecule has 0 atom stereocenters. The van der Waals surface area contributed by atoms with E-state index in [0.717, 1.165) is 0 Å². The van der Waals surface area contributed by atoms with Crippen molar-refractivity contribution >= 4 is 57.2 Å². The molecule has 0 bridgehead atoms. The highest BCUT2D eigenvalue weighted by molar-refractivity contribution is 7.00. The number of nitrogens with zero attached hydrogens (tertiary/aromatic N) is 2. The van der Waals surface area contributed by atoms with Gasteiger partial charge in [0.05, 0.1) is 5.69 Å². The molecule has 0 aromatic heterocycles. The molecule has 0 fully saturated rings. The zero-order chi connectivity index (χ0) is 25.3. The highest BCUT2D eigenvalue weighted by Gasteiger charge is 2.43. The van der Waals surface area contributed by atoms with E-state index in [0.29, 0.717) is 0 Å². The lowest BCUT2D eigenvalue weighted by Crippen LogP contribution is -2.61. The second-order valence-corrected chi connectivity index (χ2v) is 10.4. The quantitative estimate of drug-likeness (QED) is 0.248. The zero-order valence-electron chi connectivity index (χ0n) is 21.8. The predicted octanol–water partition coefficient (Wildman–Crippen LogP) is 7.00. The first-order valence-electron chi connectivity index (χ1n) is 13.1. The van der Waals surface area contributed by atoms with Gasteiger partial charge in [-0.15, -0.1) is 0 Å². The molecule has 0 saturated heterocycles. The van der Waals surface area contributed by atoms with Crippen LogP contribution in [-0.4, -0.2) is 6.71 Å². The Bertz CT molecular complexity index is 1660. The van der Waals surface area contributed by atoms with Crippen molar-refractivity contribution in [3.63, 3.8) is 0 Å². The van der Waals surface area contributed by atoms with Gasteiger partial charge in [-0.2, -0.15) is 0 Å². The Balaban J connectivity index is 1.62. The second kappa shape index (κ2) is 8.14. The number of hydrogen-bond acceptors (Lipinski definition) is 2. The largest absolute Gasteiger partial charge is 0.311 e. The summed E-state index contributed by atoms with van der Waals surface area (Å²) in [6, 6.07) is 38.0. The summed E-state index contributed by atoms with van der Waals surface area (Å²) >= 11 is 0. The Morgan fingerprint density at radius 3 is 1.57 bits per heavy atom. The van der Waals surface area contributed by atoms with Crippen LogP contribution in [0, 0.1) is 27.7 Å². The van der Waals surface area contributed by atoms with Crippen LogP contribution in [0.4, 0.5) is 34.1 Å². The normalized spacial score (nSPS) is 13.2. The molecular formula is C34H29BN2. The third kappa shape index (κ3) is 3.07. The van der Waals surface area contributed by atoms with Crippen molar-refractivity contribution in [2.75, 3.05) is 9.80 Å². The van der Waals surface area contributed by atoms with Crippen LogP contribution in [-0.2, 0) is 0 Å². The molecule has 2 aliphatic rings. The van der Waals surface area contributed by atoms with Crippen LogP contribution < -0.4 is 26.2 Å². The van der Waals surface area contributed by atoms with Gasteiger partial charge >= 0.3 is 0 Å². The Labute approximate surface area is 219 Å². The number of fused-ring (bicyclic) bond motifs is 4. The summed E-state index contributed by atoms with van der Waals surface area (Å²) in [5.74, 6) is 0. The molecule has 2 aliphatic heterocycles. The minimum atomic E-state index is 0.179. The van der Waals surface area contributed by atoms with Crippen LogP contribution >= 0.6 is 0 Å². The smallest absolute Gasteiger partial charge is 0.252 e. The van der Waals surface area contributed by atoms with E-state index < -0.39 is 0 Å². The minimum absolute atomic E-state index is 0.179. The van der Waals surface area contributed by atoms with Crippen LogP contribution in [0.5, 0.6) is 0 Å². The molecule has 37 heavy (non-hydrogen) atoms. The van der Waals surface area contributed by atoms with Crippen LogP contribution in [0.2, 0.25) is 0 Å². The van der Waals surface area contributed by atoms with Gasteiger partial charge in [0.15, 0.2) is 0 Å². The summed E-state index contributed by atoms with van der Waals surface area (Å²) in [4.78, 5) is 5.01. The monoisotopic (exact) mass is 476 g/mol. The van der Waals surface area contributed by atoms with Crippen molar-refractivity contribution in [3.05, 3.63) is 125 Å². The highest BCUT2D eigenvalue weighted by Crippen LogP contribution is 2.46. The van der Waals surface area contributed by atoms with Gasteiger partial charge in [0.1, 0.15) is 0 Å². The summed E-state index contributed by atoms with van der Waals surface area (Å²) in [7, 11) is 0. The first-order chi connectivity index (χ1) is 18.1. The van der Waals surface area contributed by atoms with Crippen LogP contribution in [0.25, 0.3) is 0 Å². The van der Waals surface area contributed by atoms with Crippen molar-refractivity contribution in [1.29, 1.82) is 0 Å². The fraction of sp³-hybridized carbons (Fsp3) is 0.118. The maximum atomic E-state index is 2.51. The van der Waals surface area contributed by atoms with Crippen LogP contribution in [0.3, 0.4) is 0 Å². The lowest BCUT2D eigenvalue weighted by Gasteiger charge is -2.45. The molecule has 5 aromatic carbocycles. The Hall–Kier alpha value is -4.24. The van der Waals surface area contributed by atoms with Gasteiger partial charge in [-0.1, -0.05) is 78.9 Å². The van der Waals surface area contributed by atoms with E-state index in [1.165, 1.54) is 72.8 Å². The Morgan fingerprint density at radius 1 is 0.405 bits per heavy atom. The third-order valence-electron chi connectivity index (χ3n) is 8.14. The average molecular weight is 476 g/mol. The van der Waals surface area contributed by atoms with Crippen LogP contribution in [0.1, 0.15) is 22.3 Å². The van der Waals surface area contributed by atoms with E-state index in [1.807, 2.05) is 0 Å². The number of anilines is 6. The molecule has 2 heterocycles. The SMILES string of the molecule is Cc1ccccc1N1c2cccc3c2B(c2ccccc2N3c2c(C)cccc2C)c2cccc(C)c21. The van der Waals surface area contributed by atoms with Crippen LogP contribution in [0.15, 0.2) is 103 Å². The molecule has 7 rings (SSSR count). The van der Waals surface area contributed by atoms with Gasteiger partial charge in [-0.05, 0) is 90.6 Å². The molecule has 0 unspecified atom stereocenters. The molecular weight excluding hydrogens is 447 g/mol. The molecule has 0 saturated carbocycles. The van der Waals surface area contributed by atoms with Gasteiger partial charge in [-0.25, -0.2) is 0 Å². The molecule has 0 aliphatic carbocycles. The Morgan fingerprint density at radius 2 is 0.865 bits per heavy atom. The lowest BCUT2D eigenvalue weighted by molar-refractivity contribution is 1.20. The van der Waals surface area contributed by atoms with Gasteiger partial charge in [0.2, 0.25) is 0 Å². The lowest BCUT2D eigenvalue weighted by atomic mass is 9.33. The standard InChI is InChI=1S/C34H29BN2/c1-22-12-5-7-18-28(22)36-30-20-11-21-31-32(30)35(27-17-10-15-25(4)34(27)36)26-16-6-8-19-29(26)37(31)33-23(2)13-9-14-24(33)3/h5-21H,1-4H3. The molecule has 0 amide bonds. The van der Waals surface area contributed by atoms with Crippen molar-refractivity contribution in [1.82, 2.24) is 0 Å². The summed E-state index contributed by atoms with van der Waals surface area (Å²) in [6.45, 7) is 9.09. The Kier molecular flexibility index (Phi) is 4.84. The number of aryl methyl sites for hydroxylation is 4. The van der Waals surface area contributed by atoms with Gasteiger partial charge in [0, 0.05) is 28.4 Å². The summed E-state index contributed by atoms with van der Waals surface area (Å²) < 4.78 is 0. The van der Waals surface area contributed by atoms with Gasteiger partial charge < -0.3 is 9.80 Å². The van der Waals surface area contributed by atoms with Gasteiger partial charge in [-0.3, -0.25) is 0 Å². The van der Waals surface area contributed by atoms with E-state index in [2.05, 4.69) is 141 Å². The summed E-state index contributed by atoms with van der Waals surface area (Å²) in [5.41, 5.74) is 16.9. The molecule has 2 nitrogen and oxygen atoms in total. The fourth-order valence-electron chi connectivity index (χ4n) is 6.57. The first kappa shape index (κ1) is 22.0. The molecule has 0 N–H and O–H groups in total. The van der Waals surface area contributed by atoms with Crippen molar-refractivity contribution in [2.24, 2.45) is 0 Å². The number of benzene rings is 5. The zero-order valence-corrected chi connectivity index (χ0v) is 21.8. The molecule has 0 spiro atoms. The maximum absolute atomic E-state index is 2.51. The van der Waals surface area contributed by atoms with Crippen molar-refractivity contribution in [2.45, 2.75) is 27.7 Å². The summed E-state index contributed by atoms with van der Waals surface area (Å²) in [6.07, 6.45) is 0. The first-order valence-corrected chi connectivity index (χ1v) is 13.1. The minimum Gasteiger partial charge on any atom is -0.311 e. The number of hydrogen-bond donors (Lipinski definition) is 0. The molecule has 0 radical (unpaired) electrons. The molecule has 178 valence electrons. The third-order valence-corrected chi connectivity index (χ3v) is 8.14. The second-order valence-electron chi connectivity index (χ2n) is 10.4. The van der Waals surface area contributed by atoms with Gasteiger partial charge in [0.25, 0.3) is 6.71 Å². The van der Waals surface area contributed by atoms with E-state index in [4.69, 9.17) is 0 Å². The van der Waals surface area contributed by atoms with Crippen molar-refractivity contribution < 1.29 is 0 Å². The predicted molar refractivity (Wildman–Crippen MR) is 159 cm³/mol. The number of para-hydroxylation sites is 4. The highest BCUT2D eigenvalue weighted by atomic mass is 15.2. The van der Waals surface area contributed by atoms with Crippen molar-refractivity contribution in [3.8, 4) is 0 Å². The van der Waals surface area contributed by atoms with E-state index >= 15 is 0 Å². The van der Waals surface area contributed by atoms with E-state index in [-0.39, 0.29) is 6.71 Å². The molecule has 5 aromatic rings. The number of rotatable bonds is 2.